The Labute approximate surface area is 134 Å². The standard InChI is InChI=1S/C15H20N4O2S/c1-10(2)8-21-12-5-4-11(6-13(12)20-3)7-17-19-15-18-14(16)9-22-15/h4-7,9-10H,8,16H2,1-3H3,(H,18,19). The number of benzene rings is 1. The SMILES string of the molecule is COc1cc(C=NNc2nc(N)cs2)ccc1OCC(C)C. The highest BCUT2D eigenvalue weighted by Crippen LogP contribution is 2.28. The number of aromatic nitrogens is 1. The maximum absolute atomic E-state index is 5.71. The zero-order chi connectivity index (χ0) is 15.9. The lowest BCUT2D eigenvalue weighted by atomic mass is 10.2. The molecule has 6 nitrogen and oxygen atoms in total. The highest BCUT2D eigenvalue weighted by Gasteiger charge is 2.06. The Bertz CT molecular complexity index is 640. The van der Waals surface area contributed by atoms with Gasteiger partial charge in [-0.2, -0.15) is 5.10 Å². The number of nitrogens with zero attached hydrogens (tertiary/aromatic N) is 2. The van der Waals surface area contributed by atoms with Gasteiger partial charge in [0.25, 0.3) is 0 Å². The van der Waals surface area contributed by atoms with E-state index < -0.39 is 0 Å². The third-order valence-corrected chi connectivity index (χ3v) is 3.42. The number of nitrogen functional groups attached to an aromatic ring is 1. The monoisotopic (exact) mass is 320 g/mol. The number of thiazole rings is 1. The summed E-state index contributed by atoms with van der Waals surface area (Å²) in [5.74, 6) is 2.36. The lowest BCUT2D eigenvalue weighted by Gasteiger charge is -2.12. The van der Waals surface area contributed by atoms with Crippen LogP contribution >= 0.6 is 11.3 Å². The van der Waals surface area contributed by atoms with Crippen molar-refractivity contribution in [1.29, 1.82) is 0 Å². The van der Waals surface area contributed by atoms with Crippen molar-refractivity contribution < 1.29 is 9.47 Å². The van der Waals surface area contributed by atoms with Crippen molar-refractivity contribution in [2.75, 3.05) is 24.9 Å². The molecule has 0 aliphatic carbocycles. The van der Waals surface area contributed by atoms with E-state index in [9.17, 15) is 0 Å². The Morgan fingerprint density at radius 2 is 2.23 bits per heavy atom. The summed E-state index contributed by atoms with van der Waals surface area (Å²) in [6, 6.07) is 5.67. The van der Waals surface area contributed by atoms with Gasteiger partial charge in [-0.15, -0.1) is 11.3 Å². The number of anilines is 2. The lowest BCUT2D eigenvalue weighted by Crippen LogP contribution is -2.05. The largest absolute Gasteiger partial charge is 0.493 e. The molecule has 0 aliphatic rings. The number of hydrogen-bond donors (Lipinski definition) is 2. The van der Waals surface area contributed by atoms with E-state index in [1.807, 2.05) is 18.2 Å². The fourth-order valence-corrected chi connectivity index (χ4v) is 2.19. The Kier molecular flexibility index (Phi) is 5.60. The predicted octanol–water partition coefficient (Wildman–Crippen LogP) is 3.21. The van der Waals surface area contributed by atoms with Gasteiger partial charge in [0.1, 0.15) is 5.82 Å². The van der Waals surface area contributed by atoms with Crippen LogP contribution in [0.4, 0.5) is 10.9 Å². The number of nitrogens with two attached hydrogens (primary N) is 1. The molecule has 0 fully saturated rings. The van der Waals surface area contributed by atoms with Gasteiger partial charge < -0.3 is 15.2 Å². The highest BCUT2D eigenvalue weighted by atomic mass is 32.1. The molecule has 3 N–H and O–H groups in total. The van der Waals surface area contributed by atoms with Crippen molar-refractivity contribution in [3.05, 3.63) is 29.1 Å². The van der Waals surface area contributed by atoms with Crippen LogP contribution in [0.15, 0.2) is 28.7 Å². The van der Waals surface area contributed by atoms with Gasteiger partial charge in [-0.1, -0.05) is 13.8 Å². The number of nitrogens with one attached hydrogen (secondary N) is 1. The van der Waals surface area contributed by atoms with Crippen molar-refractivity contribution in [1.82, 2.24) is 4.98 Å². The molecule has 7 heteroatoms. The minimum atomic E-state index is 0.459. The third kappa shape index (κ3) is 4.63. The molecule has 0 amide bonds. The smallest absolute Gasteiger partial charge is 0.205 e. The molecular weight excluding hydrogens is 300 g/mol. The molecule has 2 aromatic rings. The first-order chi connectivity index (χ1) is 10.6. The maximum atomic E-state index is 5.71. The molecule has 22 heavy (non-hydrogen) atoms. The predicted molar refractivity (Wildman–Crippen MR) is 91.1 cm³/mol. The first-order valence-corrected chi connectivity index (χ1v) is 7.77. The summed E-state index contributed by atoms with van der Waals surface area (Å²) in [6.07, 6.45) is 1.69. The summed E-state index contributed by atoms with van der Waals surface area (Å²) < 4.78 is 11.1. The van der Waals surface area contributed by atoms with Crippen molar-refractivity contribution in [3.63, 3.8) is 0 Å². The van der Waals surface area contributed by atoms with Gasteiger partial charge in [0.2, 0.25) is 5.13 Å². The summed E-state index contributed by atoms with van der Waals surface area (Å²) in [7, 11) is 1.62. The average molecular weight is 320 g/mol. The molecule has 0 aliphatic heterocycles. The average Bonchev–Trinajstić information content (AvgIpc) is 2.91. The van der Waals surface area contributed by atoms with E-state index >= 15 is 0 Å². The minimum Gasteiger partial charge on any atom is -0.493 e. The van der Waals surface area contributed by atoms with Crippen molar-refractivity contribution in [3.8, 4) is 11.5 Å². The molecule has 1 aromatic heterocycles. The van der Waals surface area contributed by atoms with E-state index in [1.54, 1.807) is 18.7 Å². The Morgan fingerprint density at radius 1 is 1.41 bits per heavy atom. The van der Waals surface area contributed by atoms with Crippen LogP contribution in [0.1, 0.15) is 19.4 Å². The van der Waals surface area contributed by atoms with E-state index in [2.05, 4.69) is 29.4 Å². The molecule has 0 saturated carbocycles. The molecule has 2 rings (SSSR count). The van der Waals surface area contributed by atoms with Gasteiger partial charge in [-0.3, -0.25) is 5.43 Å². The van der Waals surface area contributed by atoms with Crippen LogP contribution in [0, 0.1) is 5.92 Å². The van der Waals surface area contributed by atoms with Crippen LogP contribution in [0.2, 0.25) is 0 Å². The van der Waals surface area contributed by atoms with Crippen LogP contribution in [-0.2, 0) is 0 Å². The molecule has 0 spiro atoms. The molecule has 0 saturated heterocycles. The van der Waals surface area contributed by atoms with Crippen molar-refractivity contribution >= 4 is 28.5 Å². The first-order valence-electron chi connectivity index (χ1n) is 6.89. The van der Waals surface area contributed by atoms with Gasteiger partial charge in [-0.05, 0) is 29.7 Å². The zero-order valence-corrected chi connectivity index (χ0v) is 13.7. The number of hydrogen-bond acceptors (Lipinski definition) is 7. The summed E-state index contributed by atoms with van der Waals surface area (Å²) in [5.41, 5.74) is 9.27. The van der Waals surface area contributed by atoms with E-state index in [4.69, 9.17) is 15.2 Å². The molecule has 0 unspecified atom stereocenters. The Balaban J connectivity index is 2.02. The zero-order valence-electron chi connectivity index (χ0n) is 12.9. The molecule has 0 atom stereocenters. The first kappa shape index (κ1) is 16.1. The minimum absolute atomic E-state index is 0.459. The topological polar surface area (TPSA) is 81.8 Å². The third-order valence-electron chi connectivity index (χ3n) is 2.66. The molecule has 0 bridgehead atoms. The van der Waals surface area contributed by atoms with Gasteiger partial charge >= 0.3 is 0 Å². The van der Waals surface area contributed by atoms with E-state index in [-0.39, 0.29) is 0 Å². The van der Waals surface area contributed by atoms with Crippen molar-refractivity contribution in [2.24, 2.45) is 11.0 Å². The van der Waals surface area contributed by atoms with Crippen molar-refractivity contribution in [2.45, 2.75) is 13.8 Å². The molecular formula is C15H20N4O2S. The van der Waals surface area contributed by atoms with Crippen LogP contribution in [0.5, 0.6) is 11.5 Å². The van der Waals surface area contributed by atoms with E-state index in [0.29, 0.717) is 29.2 Å². The molecule has 1 aromatic carbocycles. The van der Waals surface area contributed by atoms with Gasteiger partial charge in [0, 0.05) is 5.38 Å². The number of rotatable bonds is 7. The van der Waals surface area contributed by atoms with Crippen LogP contribution in [-0.4, -0.2) is 24.9 Å². The fourth-order valence-electron chi connectivity index (χ4n) is 1.64. The molecule has 0 radical (unpaired) electrons. The van der Waals surface area contributed by atoms with E-state index in [0.717, 1.165) is 11.3 Å². The lowest BCUT2D eigenvalue weighted by molar-refractivity contribution is 0.257. The van der Waals surface area contributed by atoms with E-state index in [1.165, 1.54) is 11.3 Å². The summed E-state index contributed by atoms with van der Waals surface area (Å²) in [4.78, 5) is 4.06. The summed E-state index contributed by atoms with van der Waals surface area (Å²) in [5, 5.41) is 6.53. The van der Waals surface area contributed by atoms with Crippen LogP contribution in [0.25, 0.3) is 0 Å². The van der Waals surface area contributed by atoms with Gasteiger partial charge in [0.05, 0.1) is 19.9 Å². The molecule has 118 valence electrons. The van der Waals surface area contributed by atoms with Crippen LogP contribution < -0.4 is 20.6 Å². The normalized spacial score (nSPS) is 11.1. The summed E-state index contributed by atoms with van der Waals surface area (Å²) >= 11 is 1.40. The van der Waals surface area contributed by atoms with Gasteiger partial charge in [0.15, 0.2) is 11.5 Å². The summed E-state index contributed by atoms with van der Waals surface area (Å²) in [6.45, 7) is 4.85. The second-order valence-electron chi connectivity index (χ2n) is 5.06. The fraction of sp³-hybridized carbons (Fsp3) is 0.333. The highest BCUT2D eigenvalue weighted by molar-refractivity contribution is 7.14. The second-order valence-corrected chi connectivity index (χ2v) is 5.92. The van der Waals surface area contributed by atoms with Gasteiger partial charge in [-0.25, -0.2) is 4.98 Å². The maximum Gasteiger partial charge on any atom is 0.205 e. The van der Waals surface area contributed by atoms with Crippen LogP contribution in [0.3, 0.4) is 0 Å². The Hall–Kier alpha value is -2.28. The second kappa shape index (κ2) is 7.65. The number of ether oxygens (including phenoxy) is 2. The number of hydrazone groups is 1. The number of methoxy groups -OCH3 is 1. The Morgan fingerprint density at radius 3 is 2.86 bits per heavy atom. The quantitative estimate of drug-likeness (QED) is 0.604. The molecule has 1 heterocycles.